The Morgan fingerprint density at radius 2 is 2.27 bits per heavy atom. The first kappa shape index (κ1) is 9.25. The van der Waals surface area contributed by atoms with Gasteiger partial charge in [-0.2, -0.15) is 0 Å². The van der Waals surface area contributed by atoms with Gasteiger partial charge in [0, 0.05) is 17.5 Å². The number of hydrogen-bond acceptors (Lipinski definition) is 1. The van der Waals surface area contributed by atoms with Gasteiger partial charge in [0.2, 0.25) is 0 Å². The molecule has 1 aromatic heterocycles. The first-order valence-corrected chi connectivity index (χ1v) is 5.59. The van der Waals surface area contributed by atoms with Crippen molar-refractivity contribution in [3.8, 4) is 0 Å². The van der Waals surface area contributed by atoms with Gasteiger partial charge in [0.25, 0.3) is 0 Å². The third-order valence-corrected chi connectivity index (χ3v) is 3.46. The average molecular weight is 222 g/mol. The van der Waals surface area contributed by atoms with Crippen molar-refractivity contribution in [1.82, 2.24) is 4.98 Å². The molecule has 3 heteroatoms. The minimum Gasteiger partial charge on any atom is -0.393 e. The Balaban J connectivity index is 2.29. The zero-order chi connectivity index (χ0) is 10.4. The van der Waals surface area contributed by atoms with Gasteiger partial charge < -0.3 is 10.1 Å². The molecule has 1 aliphatic rings. The van der Waals surface area contributed by atoms with E-state index < -0.39 is 0 Å². The summed E-state index contributed by atoms with van der Waals surface area (Å²) in [5.74, 6) is 0. The predicted molar refractivity (Wildman–Crippen MR) is 61.3 cm³/mol. The van der Waals surface area contributed by atoms with Crippen LogP contribution in [0.5, 0.6) is 0 Å². The molecule has 1 atom stereocenters. The predicted octanol–water partition coefficient (Wildman–Crippen LogP) is 2.67. The summed E-state index contributed by atoms with van der Waals surface area (Å²) >= 11 is 6.12. The molecule has 0 radical (unpaired) electrons. The quantitative estimate of drug-likeness (QED) is 0.705. The van der Waals surface area contributed by atoms with Crippen LogP contribution in [-0.4, -0.2) is 16.2 Å². The van der Waals surface area contributed by atoms with Crippen molar-refractivity contribution in [2.45, 2.75) is 25.4 Å². The number of para-hydroxylation sites is 1. The van der Waals surface area contributed by atoms with Crippen LogP contribution in [0.1, 0.15) is 17.7 Å². The lowest BCUT2D eigenvalue weighted by Crippen LogP contribution is -2.17. The van der Waals surface area contributed by atoms with Crippen molar-refractivity contribution >= 4 is 22.5 Å². The summed E-state index contributed by atoms with van der Waals surface area (Å²) in [5, 5.41) is 11.6. The number of H-pyrrole nitrogens is 1. The summed E-state index contributed by atoms with van der Waals surface area (Å²) in [4.78, 5) is 3.36. The fourth-order valence-corrected chi connectivity index (χ4v) is 2.61. The minimum absolute atomic E-state index is 0.199. The Morgan fingerprint density at radius 3 is 3.13 bits per heavy atom. The molecule has 15 heavy (non-hydrogen) atoms. The number of aryl methyl sites for hydroxylation is 1. The van der Waals surface area contributed by atoms with Crippen LogP contribution in [0.25, 0.3) is 10.9 Å². The fourth-order valence-electron chi connectivity index (χ4n) is 2.39. The standard InChI is InChI=1S/C12H12ClNO/c13-10-3-1-2-8-9-6-7(15)4-5-11(9)14-12(8)10/h1-3,7,14-15H,4-6H2. The highest BCUT2D eigenvalue weighted by Gasteiger charge is 2.21. The molecule has 1 aromatic carbocycles. The molecule has 2 nitrogen and oxygen atoms in total. The maximum atomic E-state index is 9.66. The molecule has 1 aliphatic carbocycles. The van der Waals surface area contributed by atoms with Gasteiger partial charge >= 0.3 is 0 Å². The van der Waals surface area contributed by atoms with E-state index in [4.69, 9.17) is 11.6 Å². The molecule has 1 heterocycles. The number of nitrogens with one attached hydrogen (secondary N) is 1. The molecule has 78 valence electrons. The smallest absolute Gasteiger partial charge is 0.0648 e. The van der Waals surface area contributed by atoms with Crippen molar-refractivity contribution in [3.05, 3.63) is 34.5 Å². The second-order valence-corrected chi connectivity index (χ2v) is 4.55. The summed E-state index contributed by atoms with van der Waals surface area (Å²) < 4.78 is 0. The summed E-state index contributed by atoms with van der Waals surface area (Å²) in [6.45, 7) is 0. The molecule has 0 aliphatic heterocycles. The van der Waals surface area contributed by atoms with Gasteiger partial charge in [-0.25, -0.2) is 0 Å². The molecule has 2 aromatic rings. The van der Waals surface area contributed by atoms with Gasteiger partial charge in [0.1, 0.15) is 0 Å². The lowest BCUT2D eigenvalue weighted by Gasteiger charge is -2.16. The molecule has 2 N–H and O–H groups in total. The van der Waals surface area contributed by atoms with Gasteiger partial charge in [0.15, 0.2) is 0 Å². The van der Waals surface area contributed by atoms with Gasteiger partial charge in [-0.15, -0.1) is 0 Å². The zero-order valence-electron chi connectivity index (χ0n) is 8.26. The van der Waals surface area contributed by atoms with E-state index in [-0.39, 0.29) is 6.10 Å². The van der Waals surface area contributed by atoms with Gasteiger partial charge in [-0.3, -0.25) is 0 Å². The van der Waals surface area contributed by atoms with E-state index in [1.54, 1.807) is 0 Å². The molecule has 0 saturated heterocycles. The molecule has 1 unspecified atom stereocenters. The topological polar surface area (TPSA) is 36.0 Å². The lowest BCUT2D eigenvalue weighted by atomic mass is 9.93. The average Bonchev–Trinajstić information content (AvgIpc) is 2.58. The van der Waals surface area contributed by atoms with E-state index in [9.17, 15) is 5.11 Å². The molecule has 0 fully saturated rings. The number of benzene rings is 1. The maximum Gasteiger partial charge on any atom is 0.0648 e. The Labute approximate surface area is 92.9 Å². The van der Waals surface area contributed by atoms with Crippen LogP contribution < -0.4 is 0 Å². The van der Waals surface area contributed by atoms with Crippen molar-refractivity contribution < 1.29 is 5.11 Å². The van der Waals surface area contributed by atoms with Crippen LogP contribution in [0.4, 0.5) is 0 Å². The maximum absolute atomic E-state index is 9.66. The number of aromatic nitrogens is 1. The first-order chi connectivity index (χ1) is 7.25. The summed E-state index contributed by atoms with van der Waals surface area (Å²) in [6.07, 6.45) is 2.31. The zero-order valence-corrected chi connectivity index (χ0v) is 9.01. The van der Waals surface area contributed by atoms with E-state index in [0.717, 1.165) is 35.2 Å². The third kappa shape index (κ3) is 1.36. The molecule has 0 bridgehead atoms. The van der Waals surface area contributed by atoms with Gasteiger partial charge in [-0.1, -0.05) is 23.7 Å². The number of aliphatic hydroxyl groups is 1. The number of aromatic amines is 1. The molecule has 0 amide bonds. The van der Waals surface area contributed by atoms with Crippen LogP contribution in [0, 0.1) is 0 Å². The number of aliphatic hydroxyl groups excluding tert-OH is 1. The number of rotatable bonds is 0. The highest BCUT2D eigenvalue weighted by molar-refractivity contribution is 6.35. The van der Waals surface area contributed by atoms with E-state index >= 15 is 0 Å². The fraction of sp³-hybridized carbons (Fsp3) is 0.333. The van der Waals surface area contributed by atoms with E-state index in [2.05, 4.69) is 11.1 Å². The second-order valence-electron chi connectivity index (χ2n) is 4.14. The van der Waals surface area contributed by atoms with Crippen LogP contribution in [0.15, 0.2) is 18.2 Å². The normalized spacial score (nSPS) is 20.5. The number of fused-ring (bicyclic) bond motifs is 3. The van der Waals surface area contributed by atoms with Crippen LogP contribution in [0.2, 0.25) is 5.02 Å². The summed E-state index contributed by atoms with van der Waals surface area (Å²) in [6, 6.07) is 5.91. The largest absolute Gasteiger partial charge is 0.393 e. The van der Waals surface area contributed by atoms with Crippen molar-refractivity contribution in [1.29, 1.82) is 0 Å². The van der Waals surface area contributed by atoms with Crippen molar-refractivity contribution in [2.75, 3.05) is 0 Å². The van der Waals surface area contributed by atoms with Crippen LogP contribution in [-0.2, 0) is 12.8 Å². The molecule has 0 spiro atoms. The van der Waals surface area contributed by atoms with Crippen molar-refractivity contribution in [3.63, 3.8) is 0 Å². The van der Waals surface area contributed by atoms with Gasteiger partial charge in [0.05, 0.1) is 16.6 Å². The van der Waals surface area contributed by atoms with E-state index in [1.807, 2.05) is 12.1 Å². The first-order valence-electron chi connectivity index (χ1n) is 5.21. The summed E-state index contributed by atoms with van der Waals surface area (Å²) in [5.41, 5.74) is 3.49. The van der Waals surface area contributed by atoms with Gasteiger partial charge in [-0.05, 0) is 24.5 Å². The Bertz CT molecular complexity index is 518. The monoisotopic (exact) mass is 221 g/mol. The Morgan fingerprint density at radius 1 is 1.40 bits per heavy atom. The molecular formula is C12H12ClNO. The highest BCUT2D eigenvalue weighted by atomic mass is 35.5. The summed E-state index contributed by atoms with van der Waals surface area (Å²) in [7, 11) is 0. The van der Waals surface area contributed by atoms with E-state index in [1.165, 1.54) is 11.3 Å². The second kappa shape index (κ2) is 3.26. The molecular weight excluding hydrogens is 210 g/mol. The minimum atomic E-state index is -0.199. The number of halogens is 1. The highest BCUT2D eigenvalue weighted by Crippen LogP contribution is 2.32. The van der Waals surface area contributed by atoms with Crippen LogP contribution >= 0.6 is 11.6 Å². The SMILES string of the molecule is OC1CCc2[nH]c3c(Cl)cccc3c2C1. The molecule has 0 saturated carbocycles. The molecule has 3 rings (SSSR count). The Kier molecular flexibility index (Phi) is 2.01. The number of hydrogen-bond donors (Lipinski definition) is 2. The van der Waals surface area contributed by atoms with Crippen LogP contribution in [0.3, 0.4) is 0 Å². The van der Waals surface area contributed by atoms with Crippen molar-refractivity contribution in [2.24, 2.45) is 0 Å². The lowest BCUT2D eigenvalue weighted by molar-refractivity contribution is 0.158. The Hall–Kier alpha value is -0.990. The van der Waals surface area contributed by atoms with E-state index in [0.29, 0.717) is 0 Å². The third-order valence-electron chi connectivity index (χ3n) is 3.15.